The number of hydrogen-bond donors (Lipinski definition) is 1. The molecule has 1 amide bonds. The average Bonchev–Trinajstić information content (AvgIpc) is 3.05. The van der Waals surface area contributed by atoms with Crippen molar-refractivity contribution in [3.63, 3.8) is 0 Å². The molecule has 5 heteroatoms. The maximum atomic E-state index is 12.6. The zero-order valence-corrected chi connectivity index (χ0v) is 11.8. The van der Waals surface area contributed by atoms with Gasteiger partial charge in [0, 0.05) is 31.7 Å². The number of fused-ring (bicyclic) bond motifs is 1. The van der Waals surface area contributed by atoms with Crippen molar-refractivity contribution in [3.05, 3.63) is 0 Å². The zero-order valence-electron chi connectivity index (χ0n) is 11.8. The van der Waals surface area contributed by atoms with Crippen molar-refractivity contribution in [1.29, 1.82) is 0 Å². The van der Waals surface area contributed by atoms with Gasteiger partial charge in [-0.3, -0.25) is 9.69 Å². The highest BCUT2D eigenvalue weighted by Gasteiger charge is 2.40. The number of amides is 1. The normalized spacial score (nSPS) is 39.6. The lowest BCUT2D eigenvalue weighted by Gasteiger charge is -2.43. The van der Waals surface area contributed by atoms with Gasteiger partial charge < -0.3 is 15.4 Å². The SMILES string of the molecule is CC1CN2CCCC2CN1C(=O)C1CCC(CN)O1. The Hall–Kier alpha value is -0.650. The maximum Gasteiger partial charge on any atom is 0.252 e. The quantitative estimate of drug-likeness (QED) is 0.776. The van der Waals surface area contributed by atoms with Crippen LogP contribution in [0.25, 0.3) is 0 Å². The Bertz CT molecular complexity index is 350. The first-order valence-corrected chi connectivity index (χ1v) is 7.59. The van der Waals surface area contributed by atoms with Crippen molar-refractivity contribution < 1.29 is 9.53 Å². The first kappa shape index (κ1) is 13.3. The van der Waals surface area contributed by atoms with Crippen molar-refractivity contribution in [3.8, 4) is 0 Å². The molecule has 3 fully saturated rings. The van der Waals surface area contributed by atoms with E-state index in [9.17, 15) is 4.79 Å². The van der Waals surface area contributed by atoms with Gasteiger partial charge in [0.2, 0.25) is 0 Å². The van der Waals surface area contributed by atoms with Crippen molar-refractivity contribution in [2.45, 2.75) is 56.9 Å². The second-order valence-electron chi connectivity index (χ2n) is 6.19. The van der Waals surface area contributed by atoms with E-state index in [2.05, 4.69) is 16.7 Å². The Morgan fingerprint density at radius 3 is 2.89 bits per heavy atom. The van der Waals surface area contributed by atoms with Gasteiger partial charge in [-0.05, 0) is 39.2 Å². The third-order valence-electron chi connectivity index (χ3n) is 4.87. The average molecular weight is 267 g/mol. The van der Waals surface area contributed by atoms with Gasteiger partial charge in [0.15, 0.2) is 0 Å². The highest BCUT2D eigenvalue weighted by molar-refractivity contribution is 5.81. The molecule has 3 aliphatic heterocycles. The van der Waals surface area contributed by atoms with Crippen LogP contribution in [0.3, 0.4) is 0 Å². The minimum Gasteiger partial charge on any atom is -0.364 e. The molecule has 0 spiro atoms. The van der Waals surface area contributed by atoms with E-state index in [1.54, 1.807) is 0 Å². The van der Waals surface area contributed by atoms with E-state index in [0.29, 0.717) is 18.6 Å². The number of ether oxygens (including phenoxy) is 1. The summed E-state index contributed by atoms with van der Waals surface area (Å²) < 4.78 is 5.76. The summed E-state index contributed by atoms with van der Waals surface area (Å²) in [4.78, 5) is 17.2. The molecule has 3 heterocycles. The van der Waals surface area contributed by atoms with Crippen LogP contribution in [-0.2, 0) is 9.53 Å². The van der Waals surface area contributed by atoms with E-state index in [-0.39, 0.29) is 18.1 Å². The fraction of sp³-hybridized carbons (Fsp3) is 0.929. The first-order chi connectivity index (χ1) is 9.19. The van der Waals surface area contributed by atoms with Crippen molar-refractivity contribution >= 4 is 5.91 Å². The van der Waals surface area contributed by atoms with Crippen LogP contribution in [0.2, 0.25) is 0 Å². The molecule has 19 heavy (non-hydrogen) atoms. The molecule has 0 aliphatic carbocycles. The fourth-order valence-corrected chi connectivity index (χ4v) is 3.74. The number of rotatable bonds is 2. The molecule has 0 saturated carbocycles. The van der Waals surface area contributed by atoms with Crippen LogP contribution in [0.1, 0.15) is 32.6 Å². The molecule has 3 aliphatic rings. The summed E-state index contributed by atoms with van der Waals surface area (Å²) in [5.74, 6) is 0.190. The predicted molar refractivity (Wildman–Crippen MR) is 72.7 cm³/mol. The largest absolute Gasteiger partial charge is 0.364 e. The number of nitrogens with zero attached hydrogens (tertiary/aromatic N) is 2. The highest BCUT2D eigenvalue weighted by Crippen LogP contribution is 2.27. The Balaban J connectivity index is 1.63. The second kappa shape index (κ2) is 5.38. The minimum atomic E-state index is -0.246. The number of nitrogens with two attached hydrogens (primary N) is 1. The molecule has 108 valence electrons. The van der Waals surface area contributed by atoms with E-state index in [1.165, 1.54) is 19.4 Å². The Kier molecular flexibility index (Phi) is 3.78. The van der Waals surface area contributed by atoms with E-state index >= 15 is 0 Å². The molecular weight excluding hydrogens is 242 g/mol. The van der Waals surface area contributed by atoms with Crippen molar-refractivity contribution in [1.82, 2.24) is 9.80 Å². The third-order valence-corrected chi connectivity index (χ3v) is 4.87. The van der Waals surface area contributed by atoms with Crippen LogP contribution in [0.15, 0.2) is 0 Å². The summed E-state index contributed by atoms with van der Waals surface area (Å²) in [5.41, 5.74) is 5.62. The Labute approximate surface area is 115 Å². The van der Waals surface area contributed by atoms with Crippen LogP contribution in [-0.4, -0.2) is 66.2 Å². The molecule has 4 atom stereocenters. The Morgan fingerprint density at radius 1 is 1.32 bits per heavy atom. The number of carbonyl (C=O) groups is 1. The van der Waals surface area contributed by atoms with E-state index in [0.717, 1.165) is 25.9 Å². The zero-order chi connectivity index (χ0) is 13.4. The van der Waals surface area contributed by atoms with Crippen LogP contribution in [0.5, 0.6) is 0 Å². The van der Waals surface area contributed by atoms with Gasteiger partial charge in [-0.25, -0.2) is 0 Å². The summed E-state index contributed by atoms with van der Waals surface area (Å²) in [7, 11) is 0. The van der Waals surface area contributed by atoms with Crippen molar-refractivity contribution in [2.75, 3.05) is 26.2 Å². The van der Waals surface area contributed by atoms with Gasteiger partial charge in [0.1, 0.15) is 6.10 Å². The molecule has 3 rings (SSSR count). The molecule has 4 unspecified atom stereocenters. The monoisotopic (exact) mass is 267 g/mol. The van der Waals surface area contributed by atoms with Gasteiger partial charge in [-0.2, -0.15) is 0 Å². The molecule has 0 aromatic carbocycles. The van der Waals surface area contributed by atoms with Gasteiger partial charge in [-0.15, -0.1) is 0 Å². The fourth-order valence-electron chi connectivity index (χ4n) is 3.74. The summed E-state index contributed by atoms with van der Waals surface area (Å²) in [6.45, 7) is 5.78. The van der Waals surface area contributed by atoms with E-state index < -0.39 is 0 Å². The van der Waals surface area contributed by atoms with Gasteiger partial charge in [-0.1, -0.05) is 0 Å². The standard InChI is InChI=1S/C14H25N3O2/c1-10-8-16-6-2-3-11(16)9-17(10)14(18)13-5-4-12(7-15)19-13/h10-13H,2-9,15H2,1H3. The number of hydrogen-bond acceptors (Lipinski definition) is 4. The summed E-state index contributed by atoms with van der Waals surface area (Å²) in [5, 5.41) is 0. The van der Waals surface area contributed by atoms with Crippen LogP contribution in [0, 0.1) is 0 Å². The van der Waals surface area contributed by atoms with Gasteiger partial charge >= 0.3 is 0 Å². The van der Waals surface area contributed by atoms with Crippen LogP contribution >= 0.6 is 0 Å². The molecule has 0 bridgehead atoms. The van der Waals surface area contributed by atoms with E-state index in [4.69, 9.17) is 10.5 Å². The maximum absolute atomic E-state index is 12.6. The summed E-state index contributed by atoms with van der Waals surface area (Å²) >= 11 is 0. The molecule has 5 nitrogen and oxygen atoms in total. The van der Waals surface area contributed by atoms with Crippen LogP contribution < -0.4 is 5.73 Å². The highest BCUT2D eigenvalue weighted by atomic mass is 16.5. The second-order valence-corrected chi connectivity index (χ2v) is 6.19. The lowest BCUT2D eigenvalue weighted by atomic mass is 10.1. The molecule has 0 aromatic rings. The lowest BCUT2D eigenvalue weighted by Crippen LogP contribution is -2.58. The first-order valence-electron chi connectivity index (χ1n) is 7.59. The third kappa shape index (κ3) is 2.51. The smallest absolute Gasteiger partial charge is 0.252 e. The molecular formula is C14H25N3O2. The topological polar surface area (TPSA) is 58.8 Å². The Morgan fingerprint density at radius 2 is 2.16 bits per heavy atom. The number of piperazine rings is 1. The van der Waals surface area contributed by atoms with E-state index in [1.807, 2.05) is 0 Å². The minimum absolute atomic E-state index is 0.0806. The summed E-state index contributed by atoms with van der Waals surface area (Å²) in [6, 6.07) is 0.884. The van der Waals surface area contributed by atoms with Gasteiger partial charge in [0.05, 0.1) is 6.10 Å². The molecule has 3 saturated heterocycles. The molecule has 0 radical (unpaired) electrons. The molecule has 2 N–H and O–H groups in total. The lowest BCUT2D eigenvalue weighted by molar-refractivity contribution is -0.148. The molecule has 0 aromatic heterocycles. The van der Waals surface area contributed by atoms with Crippen LogP contribution in [0.4, 0.5) is 0 Å². The summed E-state index contributed by atoms with van der Waals surface area (Å²) in [6.07, 6.45) is 4.09. The number of carbonyl (C=O) groups excluding carboxylic acids is 1. The van der Waals surface area contributed by atoms with Crippen molar-refractivity contribution in [2.24, 2.45) is 5.73 Å². The van der Waals surface area contributed by atoms with Gasteiger partial charge in [0.25, 0.3) is 5.91 Å². The predicted octanol–water partition coefficient (Wildman–Crippen LogP) is 0.188.